The fourth-order valence-electron chi connectivity index (χ4n) is 7.93. The third kappa shape index (κ3) is 9.80. The summed E-state index contributed by atoms with van der Waals surface area (Å²) < 4.78 is 0. The Bertz CT molecular complexity index is 760. The maximum atomic E-state index is 5.46. The molecule has 4 fully saturated rings. The summed E-state index contributed by atoms with van der Waals surface area (Å²) in [6.07, 6.45) is 30.7. The molecule has 4 heteroatoms. The molecule has 4 saturated carbocycles. The van der Waals surface area contributed by atoms with Crippen LogP contribution in [0, 0.1) is 10.8 Å². The lowest BCUT2D eigenvalue weighted by Gasteiger charge is -2.40. The Morgan fingerprint density at radius 3 is 1.30 bits per heavy atom. The highest BCUT2D eigenvalue weighted by atomic mass is 31.1. The van der Waals surface area contributed by atoms with Gasteiger partial charge in [-0.25, -0.2) is 0 Å². The number of hydrazone groups is 1. The van der Waals surface area contributed by atoms with Gasteiger partial charge in [0, 0.05) is 28.4 Å². The third-order valence-electron chi connectivity index (χ3n) is 10.7. The van der Waals surface area contributed by atoms with Crippen LogP contribution in [0.4, 0.5) is 0 Å². The summed E-state index contributed by atoms with van der Waals surface area (Å²) in [5.41, 5.74) is 10.8. The van der Waals surface area contributed by atoms with Crippen LogP contribution in [0.15, 0.2) is 16.6 Å². The van der Waals surface area contributed by atoms with Crippen molar-refractivity contribution in [1.82, 2.24) is 5.43 Å². The lowest BCUT2D eigenvalue weighted by Crippen LogP contribution is -2.32. The molecular formula is C36H66N2P2. The minimum atomic E-state index is -0.0866. The molecule has 230 valence electrons. The first-order chi connectivity index (χ1) is 19.1. The number of rotatable bonds is 9. The van der Waals surface area contributed by atoms with Crippen LogP contribution >= 0.6 is 15.8 Å². The van der Waals surface area contributed by atoms with Crippen molar-refractivity contribution in [2.24, 2.45) is 15.9 Å². The maximum absolute atomic E-state index is 5.46. The molecule has 4 rings (SSSR count). The zero-order valence-electron chi connectivity index (χ0n) is 27.6. The van der Waals surface area contributed by atoms with Gasteiger partial charge in [0.1, 0.15) is 0 Å². The first-order valence-electron chi connectivity index (χ1n) is 17.7. The van der Waals surface area contributed by atoms with Crippen molar-refractivity contribution in [1.29, 1.82) is 0 Å². The van der Waals surface area contributed by atoms with Gasteiger partial charge in [-0.2, -0.15) is 5.10 Å². The first kappa shape index (κ1) is 33.0. The van der Waals surface area contributed by atoms with E-state index in [-0.39, 0.29) is 26.7 Å². The lowest BCUT2D eigenvalue weighted by molar-refractivity contribution is 0.461. The summed E-state index contributed by atoms with van der Waals surface area (Å²) in [4.78, 5) is 0. The van der Waals surface area contributed by atoms with Gasteiger partial charge in [0.2, 0.25) is 0 Å². The van der Waals surface area contributed by atoms with Crippen molar-refractivity contribution in [3.8, 4) is 0 Å². The normalized spacial score (nSPS) is 24.7. The predicted molar refractivity (Wildman–Crippen MR) is 184 cm³/mol. The van der Waals surface area contributed by atoms with E-state index in [1.807, 2.05) is 0 Å². The number of hydrogen-bond donors (Lipinski definition) is 1. The molecule has 0 aromatic carbocycles. The fourth-order valence-corrected chi connectivity index (χ4v) is 15.7. The fraction of sp³-hybridized carbons (Fsp3) is 0.917. The molecule has 4 aliphatic rings. The summed E-state index contributed by atoms with van der Waals surface area (Å²) in [7, 11) is -0.0696. The molecule has 0 atom stereocenters. The van der Waals surface area contributed by atoms with Crippen LogP contribution < -0.4 is 5.43 Å². The van der Waals surface area contributed by atoms with Crippen molar-refractivity contribution >= 4 is 21.6 Å². The van der Waals surface area contributed by atoms with Gasteiger partial charge in [0.05, 0.1) is 0 Å². The Morgan fingerprint density at radius 2 is 0.950 bits per heavy atom. The molecule has 0 amide bonds. The number of hydrogen-bond acceptors (Lipinski definition) is 2. The summed E-state index contributed by atoms with van der Waals surface area (Å²) >= 11 is 0. The van der Waals surface area contributed by atoms with Gasteiger partial charge in [0.25, 0.3) is 0 Å². The summed E-state index contributed by atoms with van der Waals surface area (Å²) in [6, 6.07) is 0. The van der Waals surface area contributed by atoms with Gasteiger partial charge >= 0.3 is 0 Å². The van der Waals surface area contributed by atoms with Crippen molar-refractivity contribution < 1.29 is 0 Å². The molecule has 0 aliphatic heterocycles. The summed E-state index contributed by atoms with van der Waals surface area (Å²) in [5, 5.41) is 5.46. The van der Waals surface area contributed by atoms with Gasteiger partial charge in [-0.1, -0.05) is 134 Å². The summed E-state index contributed by atoms with van der Waals surface area (Å²) in [6.45, 7) is 14.6. The van der Waals surface area contributed by atoms with Crippen LogP contribution in [-0.2, 0) is 0 Å². The molecule has 0 radical (unpaired) electrons. The van der Waals surface area contributed by atoms with Gasteiger partial charge < -0.3 is 0 Å². The highest BCUT2D eigenvalue weighted by molar-refractivity contribution is 7.62. The van der Waals surface area contributed by atoms with Crippen molar-refractivity contribution in [3.63, 3.8) is 0 Å². The van der Waals surface area contributed by atoms with Gasteiger partial charge in [-0.05, 0) is 79.8 Å². The standard InChI is InChI=1S/C36H66N2P2/c1-35(2,3)33(27-39(29-19-11-7-12-20-29)30-21-13-8-14-22-30)37-38-34(36(4,5)6)28-40(31-23-15-9-16-24-31)32-25-17-10-18-26-32/h27,29-32,37H,7-26,28H2,1-6H3/b33-27-,38-34+. The van der Waals surface area contributed by atoms with E-state index in [4.69, 9.17) is 5.10 Å². The van der Waals surface area contributed by atoms with E-state index in [9.17, 15) is 0 Å². The molecule has 0 bridgehead atoms. The summed E-state index contributed by atoms with van der Waals surface area (Å²) in [5.74, 6) is 2.80. The predicted octanol–water partition coefficient (Wildman–Crippen LogP) is 12.2. The first-order valence-corrected chi connectivity index (χ1v) is 20.9. The Balaban J connectivity index is 1.60. The highest BCUT2D eigenvalue weighted by Crippen LogP contribution is 2.58. The molecule has 2 nitrogen and oxygen atoms in total. The second-order valence-corrected chi connectivity index (χ2v) is 21.4. The monoisotopic (exact) mass is 588 g/mol. The number of nitrogens with one attached hydrogen (secondary N) is 1. The van der Waals surface area contributed by atoms with E-state index in [0.29, 0.717) is 0 Å². The van der Waals surface area contributed by atoms with Crippen LogP contribution in [0.2, 0.25) is 0 Å². The SMILES string of the molecule is CC(C)(C)/C(=C/P(C1CCCCC1)C1CCCCC1)N/N=C(\CP(C1CCCCC1)C1CCCCC1)C(C)(C)C. The molecule has 4 aliphatic carbocycles. The van der Waals surface area contributed by atoms with E-state index >= 15 is 0 Å². The van der Waals surface area contributed by atoms with E-state index in [1.165, 1.54) is 146 Å². The zero-order chi connectivity index (χ0) is 28.6. The molecule has 0 heterocycles. The molecule has 1 N–H and O–H groups in total. The maximum Gasteiger partial charge on any atom is 0.0478 e. The topological polar surface area (TPSA) is 24.4 Å². The van der Waals surface area contributed by atoms with E-state index in [1.54, 1.807) is 0 Å². The minimum absolute atomic E-state index is 0.0170. The largest absolute Gasteiger partial charge is 0.282 e. The Kier molecular flexibility index (Phi) is 12.9. The minimum Gasteiger partial charge on any atom is -0.282 e. The van der Waals surface area contributed by atoms with Crippen LogP contribution in [0.3, 0.4) is 0 Å². The lowest BCUT2D eigenvalue weighted by atomic mass is 9.91. The van der Waals surface area contributed by atoms with Crippen LogP contribution in [0.25, 0.3) is 0 Å². The average Bonchev–Trinajstić information content (AvgIpc) is 2.95. The molecule has 40 heavy (non-hydrogen) atoms. The second kappa shape index (κ2) is 15.7. The van der Waals surface area contributed by atoms with Crippen LogP contribution in [0.1, 0.15) is 170 Å². The molecule has 0 unspecified atom stereocenters. The number of allylic oxidation sites excluding steroid dienone is 1. The van der Waals surface area contributed by atoms with Crippen LogP contribution in [-0.4, -0.2) is 34.5 Å². The number of nitrogens with zero attached hydrogens (tertiary/aromatic N) is 1. The van der Waals surface area contributed by atoms with Gasteiger partial charge in [0.15, 0.2) is 0 Å². The molecule has 0 spiro atoms. The Morgan fingerprint density at radius 1 is 0.575 bits per heavy atom. The molecule has 0 aromatic heterocycles. The van der Waals surface area contributed by atoms with Crippen LogP contribution in [0.5, 0.6) is 0 Å². The highest BCUT2D eigenvalue weighted by Gasteiger charge is 2.35. The smallest absolute Gasteiger partial charge is 0.0478 e. The van der Waals surface area contributed by atoms with Gasteiger partial charge in [-0.3, -0.25) is 5.43 Å². The Hall–Kier alpha value is 0.0700. The van der Waals surface area contributed by atoms with E-state index in [2.05, 4.69) is 52.8 Å². The van der Waals surface area contributed by atoms with E-state index in [0.717, 1.165) is 22.6 Å². The van der Waals surface area contributed by atoms with Crippen molar-refractivity contribution in [2.75, 3.05) is 6.16 Å². The third-order valence-corrected chi connectivity index (χ3v) is 17.5. The molecular weight excluding hydrogens is 522 g/mol. The Labute approximate surface area is 252 Å². The van der Waals surface area contributed by atoms with Crippen molar-refractivity contribution in [2.45, 2.75) is 193 Å². The van der Waals surface area contributed by atoms with E-state index < -0.39 is 0 Å². The second-order valence-electron chi connectivity index (χ2n) is 16.0. The quantitative estimate of drug-likeness (QED) is 0.162. The molecule has 0 aromatic rings. The molecule has 0 saturated heterocycles. The average molecular weight is 589 g/mol. The zero-order valence-corrected chi connectivity index (χ0v) is 29.4. The van der Waals surface area contributed by atoms with Crippen molar-refractivity contribution in [3.05, 3.63) is 11.5 Å². The van der Waals surface area contributed by atoms with Gasteiger partial charge in [-0.15, -0.1) is 0 Å².